The molecule has 190 valence electrons. The standard InChI is InChI=1S/C24H25ClN10O2/c1-14(36)34-7-5-33(6-8-34)13-19(37)17-9-15(11-26)10-18(21(17)25)30-24-31-22(29-16-3-4-16)23-28-12-20(27-2)35(23)32-24/h9-10,12,16,19,37H,3-8,13H2,1H3,(H2,29,30,31,32). The van der Waals surface area contributed by atoms with Crippen LogP contribution in [0.2, 0.25) is 5.02 Å². The van der Waals surface area contributed by atoms with Gasteiger partial charge in [-0.25, -0.2) is 4.98 Å². The first-order valence-corrected chi connectivity index (χ1v) is 12.3. The minimum atomic E-state index is -0.955. The van der Waals surface area contributed by atoms with E-state index in [1.165, 1.54) is 10.7 Å². The summed E-state index contributed by atoms with van der Waals surface area (Å²) in [4.78, 5) is 27.7. The van der Waals surface area contributed by atoms with Crippen LogP contribution >= 0.6 is 11.6 Å². The Morgan fingerprint density at radius 3 is 2.76 bits per heavy atom. The third kappa shape index (κ3) is 5.27. The van der Waals surface area contributed by atoms with Crippen molar-refractivity contribution in [3.8, 4) is 6.07 Å². The molecule has 2 fully saturated rings. The summed E-state index contributed by atoms with van der Waals surface area (Å²) in [5.74, 6) is 0.927. The second-order valence-electron chi connectivity index (χ2n) is 9.15. The van der Waals surface area contributed by atoms with E-state index in [0.717, 1.165) is 12.8 Å². The average molecular weight is 521 g/mol. The van der Waals surface area contributed by atoms with Gasteiger partial charge in [-0.3, -0.25) is 9.69 Å². The van der Waals surface area contributed by atoms with Crippen LogP contribution in [0.15, 0.2) is 18.3 Å². The molecule has 2 aliphatic rings. The lowest BCUT2D eigenvalue weighted by atomic mass is 10.0. The Labute approximate surface area is 218 Å². The second-order valence-corrected chi connectivity index (χ2v) is 9.53. The minimum Gasteiger partial charge on any atom is -0.387 e. The van der Waals surface area contributed by atoms with E-state index in [2.05, 4.69) is 41.5 Å². The van der Waals surface area contributed by atoms with Crippen molar-refractivity contribution in [3.63, 3.8) is 0 Å². The predicted octanol–water partition coefficient (Wildman–Crippen LogP) is 2.72. The fourth-order valence-corrected chi connectivity index (χ4v) is 4.55. The van der Waals surface area contributed by atoms with Crippen LogP contribution in [0, 0.1) is 17.9 Å². The average Bonchev–Trinajstić information content (AvgIpc) is 3.61. The zero-order valence-electron chi connectivity index (χ0n) is 20.1. The summed E-state index contributed by atoms with van der Waals surface area (Å²) in [7, 11) is 0. The van der Waals surface area contributed by atoms with E-state index in [0.29, 0.717) is 67.0 Å². The number of carbonyl (C=O) groups is 1. The number of fused-ring (bicyclic) bond motifs is 1. The Balaban J connectivity index is 1.42. The highest BCUT2D eigenvalue weighted by molar-refractivity contribution is 6.34. The van der Waals surface area contributed by atoms with Crippen LogP contribution in [0.4, 0.5) is 23.3 Å². The number of nitrogens with zero attached hydrogens (tertiary/aromatic N) is 8. The van der Waals surface area contributed by atoms with E-state index < -0.39 is 6.10 Å². The summed E-state index contributed by atoms with van der Waals surface area (Å²) in [5.41, 5.74) is 1.52. The molecular formula is C24H25ClN10O2. The topological polar surface area (TPSA) is 139 Å². The maximum Gasteiger partial charge on any atom is 0.275 e. The van der Waals surface area contributed by atoms with E-state index >= 15 is 0 Å². The number of β-amino-alcohol motifs (C(OH)–C–C–N with tert-alkyl or cyclic N) is 1. The molecule has 1 unspecified atom stereocenters. The molecule has 1 amide bonds. The van der Waals surface area contributed by atoms with Crippen LogP contribution in [0.5, 0.6) is 0 Å². The third-order valence-corrected chi connectivity index (χ3v) is 6.88. The van der Waals surface area contributed by atoms with Gasteiger partial charge in [0.05, 0.1) is 34.6 Å². The van der Waals surface area contributed by atoms with Gasteiger partial charge in [-0.1, -0.05) is 23.3 Å². The zero-order valence-corrected chi connectivity index (χ0v) is 20.9. The van der Waals surface area contributed by atoms with Crippen LogP contribution in [0.25, 0.3) is 10.5 Å². The van der Waals surface area contributed by atoms with Crippen molar-refractivity contribution in [3.05, 3.63) is 45.9 Å². The lowest BCUT2D eigenvalue weighted by Crippen LogP contribution is -2.48. The van der Waals surface area contributed by atoms with Crippen LogP contribution < -0.4 is 10.6 Å². The van der Waals surface area contributed by atoms with Crippen molar-refractivity contribution < 1.29 is 9.90 Å². The molecule has 1 aliphatic carbocycles. The van der Waals surface area contributed by atoms with E-state index in [1.807, 2.05) is 0 Å². The molecule has 12 nitrogen and oxygen atoms in total. The van der Waals surface area contributed by atoms with Crippen molar-refractivity contribution in [2.24, 2.45) is 0 Å². The molecular weight excluding hydrogens is 496 g/mol. The molecule has 2 aromatic heterocycles. The lowest BCUT2D eigenvalue weighted by Gasteiger charge is -2.35. The molecule has 5 rings (SSSR count). The fourth-order valence-electron chi connectivity index (χ4n) is 4.27. The van der Waals surface area contributed by atoms with E-state index in [-0.39, 0.29) is 22.7 Å². The maximum atomic E-state index is 11.6. The molecule has 0 radical (unpaired) electrons. The largest absolute Gasteiger partial charge is 0.387 e. The number of amides is 1. The molecule has 1 aliphatic heterocycles. The van der Waals surface area contributed by atoms with Crippen molar-refractivity contribution in [1.82, 2.24) is 29.4 Å². The molecule has 1 atom stereocenters. The number of piperazine rings is 1. The first-order chi connectivity index (χ1) is 17.9. The Morgan fingerprint density at radius 1 is 1.35 bits per heavy atom. The van der Waals surface area contributed by atoms with Gasteiger partial charge in [-0.05, 0) is 25.0 Å². The molecule has 13 heteroatoms. The monoisotopic (exact) mass is 520 g/mol. The van der Waals surface area contributed by atoms with Gasteiger partial charge in [-0.2, -0.15) is 10.2 Å². The van der Waals surface area contributed by atoms with Gasteiger partial charge in [0.15, 0.2) is 5.82 Å². The van der Waals surface area contributed by atoms with Crippen molar-refractivity contribution in [1.29, 1.82) is 5.26 Å². The van der Waals surface area contributed by atoms with Crippen molar-refractivity contribution in [2.75, 3.05) is 43.4 Å². The van der Waals surface area contributed by atoms with Gasteiger partial charge < -0.3 is 25.5 Å². The van der Waals surface area contributed by atoms with Crippen LogP contribution in [0.1, 0.15) is 37.0 Å². The highest BCUT2D eigenvalue weighted by Crippen LogP contribution is 2.35. The highest BCUT2D eigenvalue weighted by atomic mass is 35.5. The van der Waals surface area contributed by atoms with Crippen LogP contribution in [0.3, 0.4) is 0 Å². The molecule has 1 saturated carbocycles. The number of nitrogens with one attached hydrogen (secondary N) is 2. The Kier molecular flexibility index (Phi) is 6.80. The number of anilines is 3. The summed E-state index contributed by atoms with van der Waals surface area (Å²) in [6.45, 7) is 11.7. The third-order valence-electron chi connectivity index (χ3n) is 6.46. The summed E-state index contributed by atoms with van der Waals surface area (Å²) in [6.07, 6.45) is 2.53. The number of aliphatic hydroxyl groups excluding tert-OH is 1. The molecule has 0 spiro atoms. The molecule has 1 saturated heterocycles. The number of carbonyl (C=O) groups excluding carboxylic acids is 1. The minimum absolute atomic E-state index is 0.0378. The zero-order chi connectivity index (χ0) is 26.1. The van der Waals surface area contributed by atoms with E-state index in [1.54, 1.807) is 24.0 Å². The first kappa shape index (κ1) is 24.7. The number of aliphatic hydroxyl groups is 1. The fraction of sp³-hybridized carbons (Fsp3) is 0.417. The van der Waals surface area contributed by atoms with Gasteiger partial charge in [0, 0.05) is 51.3 Å². The summed E-state index contributed by atoms with van der Waals surface area (Å²) < 4.78 is 1.41. The normalized spacial score (nSPS) is 16.7. The summed E-state index contributed by atoms with van der Waals surface area (Å²) in [6, 6.07) is 5.54. The number of imidazole rings is 1. The number of aromatic nitrogens is 4. The predicted molar refractivity (Wildman–Crippen MR) is 137 cm³/mol. The quantitative estimate of drug-likeness (QED) is 0.401. The van der Waals surface area contributed by atoms with Crippen LogP contribution in [-0.4, -0.2) is 79.2 Å². The van der Waals surface area contributed by atoms with Crippen molar-refractivity contribution >= 4 is 46.4 Å². The van der Waals surface area contributed by atoms with Gasteiger partial charge in [0.25, 0.3) is 17.4 Å². The van der Waals surface area contributed by atoms with Gasteiger partial charge in [0.2, 0.25) is 5.91 Å². The summed E-state index contributed by atoms with van der Waals surface area (Å²) in [5, 5.41) is 31.7. The summed E-state index contributed by atoms with van der Waals surface area (Å²) >= 11 is 6.71. The number of hydrogen-bond donors (Lipinski definition) is 3. The SMILES string of the molecule is [C-]#[N+]c1cnc2c(NC3CC3)nc(Nc3cc(C#N)cc(C(O)CN4CCN(C(C)=O)CC4)c3Cl)nn12. The Hall–Kier alpha value is -3.97. The van der Waals surface area contributed by atoms with Crippen molar-refractivity contribution in [2.45, 2.75) is 31.9 Å². The van der Waals surface area contributed by atoms with E-state index in [9.17, 15) is 15.2 Å². The molecule has 3 heterocycles. The Bertz CT molecular complexity index is 1430. The number of halogens is 1. The van der Waals surface area contributed by atoms with Gasteiger partial charge in [0.1, 0.15) is 0 Å². The number of nitriles is 1. The molecule has 3 aromatic rings. The Morgan fingerprint density at radius 2 is 2.11 bits per heavy atom. The molecule has 1 aromatic carbocycles. The maximum absolute atomic E-state index is 11.6. The first-order valence-electron chi connectivity index (χ1n) is 11.9. The lowest BCUT2D eigenvalue weighted by molar-refractivity contribution is -0.130. The number of benzene rings is 1. The molecule has 37 heavy (non-hydrogen) atoms. The molecule has 3 N–H and O–H groups in total. The molecule has 0 bridgehead atoms. The van der Waals surface area contributed by atoms with E-state index in [4.69, 9.17) is 18.2 Å². The van der Waals surface area contributed by atoms with Gasteiger partial charge in [-0.15, -0.1) is 4.52 Å². The van der Waals surface area contributed by atoms with Crippen LogP contribution in [-0.2, 0) is 4.79 Å². The van der Waals surface area contributed by atoms with Gasteiger partial charge >= 0.3 is 0 Å². The second kappa shape index (κ2) is 10.2. The number of rotatable bonds is 7. The smallest absolute Gasteiger partial charge is 0.275 e. The number of hydrogen-bond acceptors (Lipinski definition) is 9. The highest BCUT2D eigenvalue weighted by Gasteiger charge is 2.27.